The zero-order valence-electron chi connectivity index (χ0n) is 8.62. The molecule has 4 atom stereocenters. The van der Waals surface area contributed by atoms with Crippen LogP contribution in [0.5, 0.6) is 0 Å². The molecule has 3 rings (SSSR count). The number of aliphatic imine (C=N–C) groups is 2. The lowest BCUT2D eigenvalue weighted by Gasteiger charge is -2.32. The first-order chi connectivity index (χ1) is 6.72. The smallest absolute Gasteiger partial charge is 0.0938 e. The normalized spacial score (nSPS) is 44.4. The van der Waals surface area contributed by atoms with Gasteiger partial charge in [0, 0.05) is 0 Å². The van der Waals surface area contributed by atoms with Gasteiger partial charge >= 0.3 is 0 Å². The summed E-state index contributed by atoms with van der Waals surface area (Å²) in [7, 11) is 0. The van der Waals surface area contributed by atoms with Crippen LogP contribution in [-0.2, 0) is 0 Å². The molecule has 1 saturated carbocycles. The Kier molecular flexibility index (Phi) is 1.60. The van der Waals surface area contributed by atoms with Crippen molar-refractivity contribution in [1.29, 1.82) is 0 Å². The topological polar surface area (TPSA) is 48.8 Å². The van der Waals surface area contributed by atoms with E-state index in [4.69, 9.17) is 0 Å². The molecule has 2 aliphatic heterocycles. The summed E-state index contributed by atoms with van der Waals surface area (Å²) in [6, 6.07) is 2.02. The maximum Gasteiger partial charge on any atom is 0.0938 e. The number of hydrogen-bond acceptors (Lipinski definition) is 4. The molecule has 3 aliphatic rings. The zero-order chi connectivity index (χ0) is 9.71. The summed E-state index contributed by atoms with van der Waals surface area (Å²) in [6.07, 6.45) is 2.25. The molecule has 0 aromatic rings. The third-order valence-corrected chi connectivity index (χ3v) is 3.43. The van der Waals surface area contributed by atoms with Crippen LogP contribution in [0, 0.1) is 0 Å². The first-order valence-corrected chi connectivity index (χ1v) is 5.34. The molecule has 0 aromatic carbocycles. The van der Waals surface area contributed by atoms with Crippen LogP contribution in [0.15, 0.2) is 9.98 Å². The SMILES string of the molecule is CC1=NC2CC3NC(C)=NC3CC2N1. The maximum absolute atomic E-state index is 4.61. The number of rotatable bonds is 0. The van der Waals surface area contributed by atoms with Gasteiger partial charge in [0.05, 0.1) is 35.8 Å². The lowest BCUT2D eigenvalue weighted by atomic mass is 9.85. The summed E-state index contributed by atoms with van der Waals surface area (Å²) in [6.45, 7) is 4.10. The van der Waals surface area contributed by atoms with Crippen molar-refractivity contribution in [3.63, 3.8) is 0 Å². The zero-order valence-corrected chi connectivity index (χ0v) is 8.62. The minimum atomic E-state index is 0.477. The summed E-state index contributed by atoms with van der Waals surface area (Å²) in [5, 5.41) is 6.87. The highest BCUT2D eigenvalue weighted by atomic mass is 15.2. The van der Waals surface area contributed by atoms with Gasteiger partial charge in [0.2, 0.25) is 0 Å². The fraction of sp³-hybridized carbons (Fsp3) is 0.800. The molecule has 76 valence electrons. The third kappa shape index (κ3) is 1.13. The average molecular weight is 192 g/mol. The maximum atomic E-state index is 4.61. The number of nitrogens with zero attached hydrogens (tertiary/aromatic N) is 2. The van der Waals surface area contributed by atoms with Gasteiger partial charge in [-0.2, -0.15) is 0 Å². The first-order valence-electron chi connectivity index (χ1n) is 5.34. The standard InChI is InChI=1S/C10H16N4/c1-5-11-7-3-9-10(4-8(7)12-5)14-6(2)13-9/h7-10H,3-4H2,1-2H3,(H,11,12)(H,13,14). The second-order valence-corrected chi connectivity index (χ2v) is 4.54. The first kappa shape index (κ1) is 8.26. The van der Waals surface area contributed by atoms with Crippen molar-refractivity contribution in [3.05, 3.63) is 0 Å². The Morgan fingerprint density at radius 1 is 0.929 bits per heavy atom. The Labute approximate surface area is 83.9 Å². The molecule has 0 spiro atoms. The van der Waals surface area contributed by atoms with Gasteiger partial charge < -0.3 is 10.6 Å². The predicted molar refractivity (Wildman–Crippen MR) is 56.9 cm³/mol. The van der Waals surface area contributed by atoms with Crippen LogP contribution in [0.4, 0.5) is 0 Å². The monoisotopic (exact) mass is 192 g/mol. The Hall–Kier alpha value is -1.06. The van der Waals surface area contributed by atoms with Gasteiger partial charge in [-0.3, -0.25) is 9.98 Å². The van der Waals surface area contributed by atoms with Crippen molar-refractivity contribution < 1.29 is 0 Å². The Morgan fingerprint density at radius 2 is 1.36 bits per heavy atom. The predicted octanol–water partition coefficient (Wildman–Crippen LogP) is 0.298. The van der Waals surface area contributed by atoms with Crippen LogP contribution in [0.3, 0.4) is 0 Å². The van der Waals surface area contributed by atoms with E-state index < -0.39 is 0 Å². The van der Waals surface area contributed by atoms with Crippen molar-refractivity contribution in [2.75, 3.05) is 0 Å². The Balaban J connectivity index is 1.78. The van der Waals surface area contributed by atoms with Crippen LogP contribution in [0.25, 0.3) is 0 Å². The number of fused-ring (bicyclic) bond motifs is 2. The highest BCUT2D eigenvalue weighted by Crippen LogP contribution is 2.29. The van der Waals surface area contributed by atoms with Gasteiger partial charge in [0.1, 0.15) is 0 Å². The van der Waals surface area contributed by atoms with Crippen LogP contribution in [0.1, 0.15) is 26.7 Å². The molecule has 1 fully saturated rings. The summed E-state index contributed by atoms with van der Waals surface area (Å²) < 4.78 is 0. The van der Waals surface area contributed by atoms with E-state index >= 15 is 0 Å². The number of nitrogens with one attached hydrogen (secondary N) is 2. The van der Waals surface area contributed by atoms with Crippen LogP contribution in [0.2, 0.25) is 0 Å². The molecule has 0 amide bonds. The molecule has 4 nitrogen and oxygen atoms in total. The van der Waals surface area contributed by atoms with Crippen molar-refractivity contribution in [2.24, 2.45) is 9.98 Å². The van der Waals surface area contributed by atoms with Crippen LogP contribution >= 0.6 is 0 Å². The highest BCUT2D eigenvalue weighted by Gasteiger charge is 2.41. The highest BCUT2D eigenvalue weighted by molar-refractivity contribution is 5.83. The van der Waals surface area contributed by atoms with Gasteiger partial charge in [0.15, 0.2) is 0 Å². The quantitative estimate of drug-likeness (QED) is 0.580. The molecule has 2 N–H and O–H groups in total. The minimum Gasteiger partial charge on any atom is -0.369 e. The van der Waals surface area contributed by atoms with E-state index in [1.165, 1.54) is 0 Å². The van der Waals surface area contributed by atoms with E-state index in [0.717, 1.165) is 24.5 Å². The molecule has 2 heterocycles. The molecule has 0 bridgehead atoms. The van der Waals surface area contributed by atoms with Gasteiger partial charge in [-0.15, -0.1) is 0 Å². The molecular weight excluding hydrogens is 176 g/mol. The van der Waals surface area contributed by atoms with E-state index in [0.29, 0.717) is 24.2 Å². The minimum absolute atomic E-state index is 0.477. The molecule has 4 heteroatoms. The molecule has 0 aromatic heterocycles. The van der Waals surface area contributed by atoms with E-state index in [-0.39, 0.29) is 0 Å². The largest absolute Gasteiger partial charge is 0.369 e. The second kappa shape index (κ2) is 2.72. The van der Waals surface area contributed by atoms with Gasteiger partial charge in [-0.25, -0.2) is 0 Å². The van der Waals surface area contributed by atoms with Gasteiger partial charge in [-0.05, 0) is 26.7 Å². The number of hydrogen-bond donors (Lipinski definition) is 2. The van der Waals surface area contributed by atoms with E-state index in [9.17, 15) is 0 Å². The summed E-state index contributed by atoms with van der Waals surface area (Å²) >= 11 is 0. The molecule has 14 heavy (non-hydrogen) atoms. The second-order valence-electron chi connectivity index (χ2n) is 4.54. The lowest BCUT2D eigenvalue weighted by Crippen LogP contribution is -2.49. The summed E-state index contributed by atoms with van der Waals surface area (Å²) in [4.78, 5) is 9.22. The summed E-state index contributed by atoms with van der Waals surface area (Å²) in [5.41, 5.74) is 0. The van der Waals surface area contributed by atoms with Crippen molar-refractivity contribution >= 4 is 11.7 Å². The molecule has 4 unspecified atom stereocenters. The molecule has 0 saturated heterocycles. The van der Waals surface area contributed by atoms with E-state index in [1.807, 2.05) is 0 Å². The van der Waals surface area contributed by atoms with E-state index in [1.54, 1.807) is 0 Å². The Bertz CT molecular complexity index is 288. The van der Waals surface area contributed by atoms with Crippen LogP contribution < -0.4 is 10.6 Å². The third-order valence-electron chi connectivity index (χ3n) is 3.43. The molecule has 1 aliphatic carbocycles. The lowest BCUT2D eigenvalue weighted by molar-refractivity contribution is 0.310. The van der Waals surface area contributed by atoms with Gasteiger partial charge in [-0.1, -0.05) is 0 Å². The number of amidine groups is 2. The van der Waals surface area contributed by atoms with Crippen molar-refractivity contribution in [3.8, 4) is 0 Å². The van der Waals surface area contributed by atoms with Gasteiger partial charge in [0.25, 0.3) is 0 Å². The van der Waals surface area contributed by atoms with Crippen molar-refractivity contribution in [1.82, 2.24) is 10.6 Å². The molecular formula is C10H16N4. The summed E-state index contributed by atoms with van der Waals surface area (Å²) in [5.74, 6) is 2.20. The fourth-order valence-electron chi connectivity index (χ4n) is 2.87. The van der Waals surface area contributed by atoms with E-state index in [2.05, 4.69) is 34.5 Å². The fourth-order valence-corrected chi connectivity index (χ4v) is 2.87. The average Bonchev–Trinajstić information content (AvgIpc) is 2.59. The van der Waals surface area contributed by atoms with Crippen LogP contribution in [-0.4, -0.2) is 35.8 Å². The molecule has 0 radical (unpaired) electrons. The van der Waals surface area contributed by atoms with Crippen molar-refractivity contribution in [2.45, 2.75) is 50.9 Å². The Morgan fingerprint density at radius 3 is 1.79 bits per heavy atom.